The Morgan fingerprint density at radius 1 is 0.944 bits per heavy atom. The van der Waals surface area contributed by atoms with Crippen molar-refractivity contribution in [1.82, 2.24) is 0 Å². The summed E-state index contributed by atoms with van der Waals surface area (Å²) >= 11 is 1.39. The molecule has 92 valence electrons. The van der Waals surface area contributed by atoms with Gasteiger partial charge in [-0.3, -0.25) is 0 Å². The molecule has 0 rings (SSSR count). The Morgan fingerprint density at radius 2 is 1.33 bits per heavy atom. The summed E-state index contributed by atoms with van der Waals surface area (Å²) in [5, 5.41) is 29.5. The number of hydrogen-bond donors (Lipinski definition) is 4. The number of hydrazone groups is 2. The third-order valence-corrected chi connectivity index (χ3v) is 3.25. The molecule has 0 aromatic rings. The third-order valence-electron chi connectivity index (χ3n) is 1.21. The van der Waals surface area contributed by atoms with E-state index in [-0.39, 0.29) is 20.1 Å². The van der Waals surface area contributed by atoms with Crippen LogP contribution in [0, 0.1) is 33.7 Å². The van der Waals surface area contributed by atoms with E-state index in [0.717, 1.165) is 0 Å². The molecular weight excluding hydrogens is 276 g/mol. The van der Waals surface area contributed by atoms with Gasteiger partial charge in [-0.05, 0) is 23.5 Å². The first-order valence-electron chi connectivity index (χ1n) is 3.87. The number of nitrogens with zero attached hydrogens (tertiary/aromatic N) is 6. The Labute approximate surface area is 110 Å². The molecule has 0 aliphatic carbocycles. The Bertz CT molecular complexity index is 459. The van der Waals surface area contributed by atoms with Gasteiger partial charge in [0.25, 0.3) is 0 Å². The molecule has 0 heterocycles. The maximum absolute atomic E-state index is 8.76. The SMILES string of the molecule is N#CC(C#N)=C(SC(N=N)=NN)SC(N=N)=NN. The van der Waals surface area contributed by atoms with Gasteiger partial charge in [0, 0.05) is 0 Å². The van der Waals surface area contributed by atoms with Crippen LogP contribution in [0.4, 0.5) is 0 Å². The molecule has 0 saturated heterocycles. The largest absolute Gasteiger partial charge is 0.321 e. The van der Waals surface area contributed by atoms with Crippen LogP contribution in [0.2, 0.25) is 0 Å². The highest BCUT2D eigenvalue weighted by atomic mass is 32.2. The minimum Gasteiger partial charge on any atom is -0.321 e. The summed E-state index contributed by atoms with van der Waals surface area (Å²) in [6.45, 7) is 0. The summed E-state index contributed by atoms with van der Waals surface area (Å²) in [7, 11) is 0. The topological polar surface area (TPSA) is 197 Å². The van der Waals surface area contributed by atoms with Crippen LogP contribution in [0.1, 0.15) is 0 Å². The van der Waals surface area contributed by atoms with Gasteiger partial charge >= 0.3 is 0 Å². The predicted octanol–water partition coefficient (Wildman–Crippen LogP) is 1.23. The van der Waals surface area contributed by atoms with Crippen LogP contribution in [-0.2, 0) is 0 Å². The van der Waals surface area contributed by atoms with Crippen molar-refractivity contribution in [3.63, 3.8) is 0 Å². The number of allylic oxidation sites excluding steroid dienone is 1. The molecule has 0 saturated carbocycles. The van der Waals surface area contributed by atoms with E-state index in [4.69, 9.17) is 33.3 Å². The van der Waals surface area contributed by atoms with E-state index in [1.807, 2.05) is 0 Å². The van der Waals surface area contributed by atoms with Gasteiger partial charge in [0.2, 0.25) is 10.3 Å². The van der Waals surface area contributed by atoms with Crippen molar-refractivity contribution in [2.75, 3.05) is 0 Å². The lowest BCUT2D eigenvalue weighted by Crippen LogP contribution is -1.97. The summed E-state index contributed by atoms with van der Waals surface area (Å²) in [6, 6.07) is 3.28. The van der Waals surface area contributed by atoms with E-state index in [2.05, 4.69) is 20.4 Å². The van der Waals surface area contributed by atoms with E-state index in [0.29, 0.717) is 23.5 Å². The van der Waals surface area contributed by atoms with Gasteiger partial charge in [0.1, 0.15) is 12.1 Å². The number of amidine groups is 2. The number of hydrogen-bond acceptors (Lipinski definition) is 10. The van der Waals surface area contributed by atoms with Crippen LogP contribution in [0.5, 0.6) is 0 Å². The van der Waals surface area contributed by atoms with Crippen LogP contribution in [0.3, 0.4) is 0 Å². The lowest BCUT2D eigenvalue weighted by Gasteiger charge is -2.03. The molecule has 0 amide bonds. The zero-order valence-electron chi connectivity index (χ0n) is 8.65. The van der Waals surface area contributed by atoms with Crippen molar-refractivity contribution in [3.8, 4) is 12.1 Å². The maximum atomic E-state index is 8.76. The van der Waals surface area contributed by atoms with Crippen molar-refractivity contribution in [3.05, 3.63) is 9.81 Å². The minimum absolute atomic E-state index is 0.0698. The molecule has 0 unspecified atom stereocenters. The average molecular weight is 282 g/mol. The molecule has 0 aliphatic heterocycles. The normalized spacial score (nSPS) is 11.0. The van der Waals surface area contributed by atoms with E-state index >= 15 is 0 Å². The number of nitrogens with two attached hydrogens (primary N) is 2. The molecule has 10 nitrogen and oxygen atoms in total. The predicted molar refractivity (Wildman–Crippen MR) is 67.0 cm³/mol. The standard InChI is InChI=1S/C6H6N10S2/c7-1-3(2-8)4(17-5(13-9)14-10)18-6(15-11)16-12/h9,11H,10,12H2. The first-order chi connectivity index (χ1) is 8.66. The summed E-state index contributed by atoms with van der Waals surface area (Å²) in [4.78, 5) is 0. The highest BCUT2D eigenvalue weighted by Gasteiger charge is 2.15. The summed E-state index contributed by atoms with van der Waals surface area (Å²) in [6.07, 6.45) is 0. The molecule has 0 aromatic carbocycles. The average Bonchev–Trinajstić information content (AvgIpc) is 2.42. The smallest absolute Gasteiger partial charge is 0.231 e. The fraction of sp³-hybridized carbons (Fsp3) is 0. The van der Waals surface area contributed by atoms with Crippen LogP contribution < -0.4 is 11.7 Å². The Morgan fingerprint density at radius 3 is 1.56 bits per heavy atom. The van der Waals surface area contributed by atoms with Crippen LogP contribution >= 0.6 is 23.5 Å². The van der Waals surface area contributed by atoms with Gasteiger partial charge in [-0.1, -0.05) is 0 Å². The van der Waals surface area contributed by atoms with Crippen molar-refractivity contribution in [1.29, 1.82) is 21.6 Å². The first kappa shape index (κ1) is 15.6. The first-order valence-corrected chi connectivity index (χ1v) is 5.50. The quantitative estimate of drug-likeness (QED) is 0.146. The van der Waals surface area contributed by atoms with E-state index in [1.54, 1.807) is 12.1 Å². The number of rotatable bonds is 2. The zero-order chi connectivity index (χ0) is 14.0. The second kappa shape index (κ2) is 8.68. The zero-order valence-corrected chi connectivity index (χ0v) is 10.3. The van der Waals surface area contributed by atoms with Crippen LogP contribution in [0.15, 0.2) is 30.2 Å². The number of nitriles is 2. The second-order valence-electron chi connectivity index (χ2n) is 2.14. The van der Waals surface area contributed by atoms with Crippen molar-refractivity contribution >= 4 is 33.9 Å². The van der Waals surface area contributed by atoms with E-state index < -0.39 is 0 Å². The molecule has 0 aromatic heterocycles. The fourth-order valence-corrected chi connectivity index (χ4v) is 2.09. The van der Waals surface area contributed by atoms with Gasteiger partial charge in [-0.2, -0.15) is 20.7 Å². The molecule has 0 spiro atoms. The number of nitrogens with one attached hydrogen (secondary N) is 2. The molecule has 0 radical (unpaired) electrons. The molecule has 18 heavy (non-hydrogen) atoms. The minimum atomic E-state index is -0.278. The molecular formula is C6H6N10S2. The molecule has 6 N–H and O–H groups in total. The van der Waals surface area contributed by atoms with Crippen LogP contribution in [0.25, 0.3) is 0 Å². The molecule has 0 aliphatic rings. The Balaban J connectivity index is 5.42. The Kier molecular flexibility index (Phi) is 7.51. The maximum Gasteiger partial charge on any atom is 0.231 e. The van der Waals surface area contributed by atoms with Crippen molar-refractivity contribution in [2.24, 2.45) is 32.1 Å². The van der Waals surface area contributed by atoms with Gasteiger partial charge < -0.3 is 11.7 Å². The van der Waals surface area contributed by atoms with Gasteiger partial charge in [-0.15, -0.1) is 10.2 Å². The second-order valence-corrected chi connectivity index (χ2v) is 4.35. The lowest BCUT2D eigenvalue weighted by atomic mass is 10.4. The Hall–Kier alpha value is -2.44. The molecule has 0 atom stereocenters. The molecule has 0 bridgehead atoms. The van der Waals surface area contributed by atoms with Gasteiger partial charge in [0.15, 0.2) is 5.57 Å². The van der Waals surface area contributed by atoms with Gasteiger partial charge in [-0.25, -0.2) is 11.1 Å². The third kappa shape index (κ3) is 4.60. The van der Waals surface area contributed by atoms with Gasteiger partial charge in [0.05, 0.1) is 4.24 Å². The summed E-state index contributed by atoms with van der Waals surface area (Å²) in [5.74, 6) is 9.90. The summed E-state index contributed by atoms with van der Waals surface area (Å²) in [5.41, 5.74) is 13.2. The molecule has 0 fully saturated rings. The molecule has 12 heteroatoms. The highest BCUT2D eigenvalue weighted by Crippen LogP contribution is 2.33. The lowest BCUT2D eigenvalue weighted by molar-refractivity contribution is 1.16. The number of thioether (sulfide) groups is 2. The highest BCUT2D eigenvalue weighted by molar-refractivity contribution is 8.34. The summed E-state index contributed by atoms with van der Waals surface area (Å²) < 4.78 is 0.0698. The fourth-order valence-electron chi connectivity index (χ4n) is 0.561. The van der Waals surface area contributed by atoms with Crippen LogP contribution in [-0.4, -0.2) is 10.3 Å². The van der Waals surface area contributed by atoms with E-state index in [9.17, 15) is 0 Å². The van der Waals surface area contributed by atoms with Crippen molar-refractivity contribution in [2.45, 2.75) is 0 Å². The van der Waals surface area contributed by atoms with E-state index in [1.165, 1.54) is 0 Å². The van der Waals surface area contributed by atoms with Crippen molar-refractivity contribution < 1.29 is 0 Å². The monoisotopic (exact) mass is 282 g/mol.